The first kappa shape index (κ1) is 27.5. The number of aromatic nitrogens is 6. The van der Waals surface area contributed by atoms with Crippen LogP contribution in [0.5, 0.6) is 70.6 Å². The zero-order chi connectivity index (χ0) is 29.9. The predicted octanol–water partition coefficient (Wildman–Crippen LogP) is 8.65. The Morgan fingerprint density at radius 1 is 0.409 bits per heavy atom. The van der Waals surface area contributed by atoms with E-state index in [2.05, 4.69) is 61.8 Å². The lowest BCUT2D eigenvalue weighted by atomic mass is 10.3. The highest BCUT2D eigenvalue weighted by Crippen LogP contribution is 2.35. The molecule has 6 aromatic rings. The minimum Gasteiger partial charge on any atom is -0.424 e. The highest BCUT2D eigenvalue weighted by Gasteiger charge is 2.18. The van der Waals surface area contributed by atoms with Crippen molar-refractivity contribution in [1.82, 2.24) is 29.9 Å². The number of rotatable bonds is 4. The summed E-state index contributed by atoms with van der Waals surface area (Å²) < 4.78 is 37.1. The standard InChI is InChI=1S/C30H16Br2N6O6/c31-21-11-1-3-13-23(21)43-29-35-25-33-26(36-29)40-18-8-6-10-20(16-18)42-28-34-27(41-19-9-5-7-17(15-19)39-25)37-30(38-28)44-24-14-4-2-12-22(24)32/h1-16H. The Labute approximate surface area is 265 Å². The fraction of sp³-hybridized carbons (Fsp3) is 0. The molecule has 44 heavy (non-hydrogen) atoms. The topological polar surface area (TPSA) is 133 Å². The Balaban J connectivity index is 1.28. The van der Waals surface area contributed by atoms with Gasteiger partial charge < -0.3 is 28.4 Å². The van der Waals surface area contributed by atoms with E-state index in [0.717, 1.165) is 0 Å². The van der Waals surface area contributed by atoms with E-state index in [1.807, 2.05) is 36.4 Å². The molecule has 0 radical (unpaired) electrons. The van der Waals surface area contributed by atoms with E-state index in [1.165, 1.54) is 0 Å². The average molecular weight is 716 g/mol. The third-order valence-electron chi connectivity index (χ3n) is 5.67. The van der Waals surface area contributed by atoms with Gasteiger partial charge in [0.2, 0.25) is 0 Å². The molecule has 2 aromatic heterocycles. The van der Waals surface area contributed by atoms with E-state index in [-0.39, 0.29) is 36.1 Å². The van der Waals surface area contributed by atoms with Gasteiger partial charge in [-0.2, -0.15) is 0 Å². The maximum absolute atomic E-state index is 5.97. The van der Waals surface area contributed by atoms with E-state index in [9.17, 15) is 0 Å². The van der Waals surface area contributed by atoms with Gasteiger partial charge in [-0.3, -0.25) is 0 Å². The molecule has 0 unspecified atom stereocenters. The van der Waals surface area contributed by atoms with Crippen LogP contribution in [0, 0.1) is 0 Å². The number of ether oxygens (including phenoxy) is 6. The van der Waals surface area contributed by atoms with Crippen LogP contribution in [0.4, 0.5) is 0 Å². The first-order valence-corrected chi connectivity index (χ1v) is 14.4. The Kier molecular flexibility index (Phi) is 7.56. The van der Waals surface area contributed by atoms with Gasteiger partial charge in [0.05, 0.1) is 8.95 Å². The number of hydrogen-bond donors (Lipinski definition) is 0. The van der Waals surface area contributed by atoms with Gasteiger partial charge in [0.25, 0.3) is 0 Å². The quantitative estimate of drug-likeness (QED) is 0.173. The highest BCUT2D eigenvalue weighted by molar-refractivity contribution is 9.10. The van der Waals surface area contributed by atoms with Crippen LogP contribution in [0.2, 0.25) is 0 Å². The average Bonchev–Trinajstić information content (AvgIpc) is 2.99. The molecule has 0 spiro atoms. The molecule has 14 heteroatoms. The van der Waals surface area contributed by atoms with Crippen LogP contribution in [0.1, 0.15) is 0 Å². The summed E-state index contributed by atoms with van der Waals surface area (Å²) in [5, 5.41) is 0. The van der Waals surface area contributed by atoms with Crippen molar-refractivity contribution in [2.24, 2.45) is 0 Å². The largest absolute Gasteiger partial charge is 0.424 e. The fourth-order valence-corrected chi connectivity index (χ4v) is 4.52. The Morgan fingerprint density at radius 2 is 0.750 bits per heavy atom. The highest BCUT2D eigenvalue weighted by atomic mass is 79.9. The van der Waals surface area contributed by atoms with Gasteiger partial charge in [-0.15, -0.1) is 29.9 Å². The number of nitrogens with zero attached hydrogens (tertiary/aromatic N) is 6. The second-order valence-corrected chi connectivity index (χ2v) is 10.5. The minimum atomic E-state index is -0.0831. The molecule has 0 atom stereocenters. The van der Waals surface area contributed by atoms with Gasteiger partial charge in [0.1, 0.15) is 34.5 Å². The first-order valence-electron chi connectivity index (χ1n) is 12.8. The number of benzene rings is 4. The summed E-state index contributed by atoms with van der Waals surface area (Å²) in [7, 11) is 0. The van der Waals surface area contributed by atoms with E-state index in [1.54, 1.807) is 60.7 Å². The molecular formula is C30H16Br2N6O6. The summed E-state index contributed by atoms with van der Waals surface area (Å²) in [4.78, 5) is 25.9. The molecule has 1 aliphatic rings. The van der Waals surface area contributed by atoms with Crippen molar-refractivity contribution in [2.75, 3.05) is 0 Å². The van der Waals surface area contributed by atoms with Crippen LogP contribution < -0.4 is 28.4 Å². The number of hydrogen-bond acceptors (Lipinski definition) is 12. The fourth-order valence-electron chi connectivity index (χ4n) is 3.79. The lowest BCUT2D eigenvalue weighted by Gasteiger charge is -2.13. The second kappa shape index (κ2) is 12.1. The molecular weight excluding hydrogens is 700 g/mol. The summed E-state index contributed by atoms with van der Waals surface area (Å²) in [6, 6.07) is 27.5. The summed E-state index contributed by atoms with van der Waals surface area (Å²) in [5.74, 6) is 2.35. The molecule has 216 valence electrons. The van der Waals surface area contributed by atoms with E-state index in [4.69, 9.17) is 28.4 Å². The van der Waals surface area contributed by atoms with Gasteiger partial charge in [-0.05, 0) is 80.4 Å². The van der Waals surface area contributed by atoms with E-state index >= 15 is 0 Å². The number of fused-ring (bicyclic) bond motifs is 8. The van der Waals surface area contributed by atoms with Crippen LogP contribution in [-0.4, -0.2) is 29.9 Å². The second-order valence-electron chi connectivity index (χ2n) is 8.79. The maximum atomic E-state index is 5.97. The van der Waals surface area contributed by atoms with Crippen LogP contribution in [-0.2, 0) is 0 Å². The maximum Gasteiger partial charge on any atom is 0.331 e. The summed E-state index contributed by atoms with van der Waals surface area (Å²) in [6.45, 7) is 0. The van der Waals surface area contributed by atoms with Crippen molar-refractivity contribution in [3.63, 3.8) is 0 Å². The molecule has 0 N–H and O–H groups in total. The molecule has 12 nitrogen and oxygen atoms in total. The smallest absolute Gasteiger partial charge is 0.331 e. The molecule has 8 bridgehead atoms. The molecule has 3 heterocycles. The Bertz CT molecular complexity index is 1780. The van der Waals surface area contributed by atoms with Crippen molar-refractivity contribution in [3.05, 3.63) is 106 Å². The van der Waals surface area contributed by atoms with Crippen molar-refractivity contribution in [3.8, 4) is 70.6 Å². The SMILES string of the molecule is Brc1ccccc1Oc1nc2nc(n1)Oc1cccc(c1)Oc1nc(nc(Oc3ccccc3Br)n1)Oc1cccc(c1)O2. The molecule has 0 saturated heterocycles. The molecule has 7 rings (SSSR count). The zero-order valence-corrected chi connectivity index (χ0v) is 25.3. The Morgan fingerprint density at radius 3 is 1.09 bits per heavy atom. The Hall–Kier alpha value is -5.34. The molecule has 0 fully saturated rings. The van der Waals surface area contributed by atoms with Gasteiger partial charge in [-0.1, -0.05) is 36.4 Å². The summed E-state index contributed by atoms with van der Waals surface area (Å²) >= 11 is 6.92. The van der Waals surface area contributed by atoms with E-state index < -0.39 is 0 Å². The molecule has 0 amide bonds. The van der Waals surface area contributed by atoms with Crippen molar-refractivity contribution in [1.29, 1.82) is 0 Å². The molecule has 1 aliphatic heterocycles. The minimum absolute atomic E-state index is 0.0528. The van der Waals surface area contributed by atoms with Gasteiger partial charge in [0, 0.05) is 12.1 Å². The third kappa shape index (κ3) is 6.50. The lowest BCUT2D eigenvalue weighted by molar-refractivity contribution is 0.351. The van der Waals surface area contributed by atoms with Crippen LogP contribution in [0.3, 0.4) is 0 Å². The van der Waals surface area contributed by atoms with Crippen molar-refractivity contribution >= 4 is 31.9 Å². The van der Waals surface area contributed by atoms with Crippen LogP contribution in [0.15, 0.2) is 106 Å². The first-order chi connectivity index (χ1) is 21.5. The molecule has 0 aliphatic carbocycles. The lowest BCUT2D eigenvalue weighted by Crippen LogP contribution is -2.03. The molecule has 4 aromatic carbocycles. The summed E-state index contributed by atoms with van der Waals surface area (Å²) in [5.41, 5.74) is 0. The monoisotopic (exact) mass is 714 g/mol. The van der Waals surface area contributed by atoms with Crippen LogP contribution in [0.25, 0.3) is 0 Å². The van der Waals surface area contributed by atoms with Crippen molar-refractivity contribution in [2.45, 2.75) is 0 Å². The number of para-hydroxylation sites is 2. The van der Waals surface area contributed by atoms with Gasteiger partial charge in [0.15, 0.2) is 0 Å². The zero-order valence-electron chi connectivity index (χ0n) is 22.1. The predicted molar refractivity (Wildman–Crippen MR) is 161 cm³/mol. The normalized spacial score (nSPS) is 11.7. The van der Waals surface area contributed by atoms with E-state index in [0.29, 0.717) is 43.4 Å². The summed E-state index contributed by atoms with van der Waals surface area (Å²) in [6.07, 6.45) is 0. The third-order valence-corrected chi connectivity index (χ3v) is 6.98. The molecule has 0 saturated carbocycles. The van der Waals surface area contributed by atoms with Crippen molar-refractivity contribution < 1.29 is 28.4 Å². The van der Waals surface area contributed by atoms with Crippen LogP contribution >= 0.6 is 31.9 Å². The number of halogens is 2. The van der Waals surface area contributed by atoms with Gasteiger partial charge >= 0.3 is 36.1 Å². The van der Waals surface area contributed by atoms with Gasteiger partial charge in [-0.25, -0.2) is 0 Å².